The predicted molar refractivity (Wildman–Crippen MR) is 98.7 cm³/mol. The first-order chi connectivity index (χ1) is 12.5. The van der Waals surface area contributed by atoms with Gasteiger partial charge >= 0.3 is 6.09 Å². The highest BCUT2D eigenvalue weighted by atomic mass is 19.1. The van der Waals surface area contributed by atoms with E-state index >= 15 is 0 Å². The number of carbonyl (C=O) groups excluding carboxylic acids is 2. The van der Waals surface area contributed by atoms with E-state index in [1.165, 1.54) is 0 Å². The van der Waals surface area contributed by atoms with Crippen molar-refractivity contribution in [3.8, 4) is 0 Å². The van der Waals surface area contributed by atoms with Gasteiger partial charge in [-0.2, -0.15) is 0 Å². The molecule has 1 N–H and O–H groups in total. The van der Waals surface area contributed by atoms with Gasteiger partial charge in [-0.15, -0.1) is 0 Å². The molecule has 7 heteroatoms. The lowest BCUT2D eigenvalue weighted by atomic mass is 9.93. The number of rotatable bonds is 6. The highest BCUT2D eigenvalue weighted by molar-refractivity contribution is 5.78. The van der Waals surface area contributed by atoms with Crippen LogP contribution in [0.15, 0.2) is 0 Å². The molecule has 2 saturated heterocycles. The molecule has 0 aliphatic carbocycles. The van der Waals surface area contributed by atoms with Gasteiger partial charge in [-0.25, -0.2) is 9.18 Å². The molecule has 2 rings (SSSR count). The standard InChI is InChI=1S/C19H34FN3O3/c1-15(2)14-21-18(24)16-5-10-22(11-6-16)17-4-3-9-23(12-7-17)19(25)26-13-8-20/h15-17H,3-14H2,1-2H3,(H,21,24). The van der Waals surface area contributed by atoms with E-state index in [4.69, 9.17) is 4.74 Å². The summed E-state index contributed by atoms with van der Waals surface area (Å²) in [7, 11) is 0. The quantitative estimate of drug-likeness (QED) is 0.779. The fourth-order valence-corrected chi connectivity index (χ4v) is 3.82. The molecule has 0 radical (unpaired) electrons. The van der Waals surface area contributed by atoms with Crippen molar-refractivity contribution in [2.75, 3.05) is 46.0 Å². The van der Waals surface area contributed by atoms with Crippen LogP contribution in [-0.4, -0.2) is 73.8 Å². The number of ether oxygens (including phenoxy) is 1. The van der Waals surface area contributed by atoms with Gasteiger partial charge in [0.25, 0.3) is 0 Å². The van der Waals surface area contributed by atoms with E-state index in [1.54, 1.807) is 4.90 Å². The first-order valence-electron chi connectivity index (χ1n) is 10.0. The molecular weight excluding hydrogens is 337 g/mol. The maximum absolute atomic E-state index is 12.2. The third-order valence-corrected chi connectivity index (χ3v) is 5.36. The van der Waals surface area contributed by atoms with E-state index in [-0.39, 0.29) is 18.4 Å². The maximum Gasteiger partial charge on any atom is 0.409 e. The zero-order chi connectivity index (χ0) is 18.9. The Labute approximate surface area is 156 Å². The Balaban J connectivity index is 1.74. The van der Waals surface area contributed by atoms with Crippen LogP contribution in [0.25, 0.3) is 0 Å². The molecule has 0 aromatic carbocycles. The number of carbonyl (C=O) groups is 2. The van der Waals surface area contributed by atoms with E-state index < -0.39 is 12.8 Å². The summed E-state index contributed by atoms with van der Waals surface area (Å²) in [4.78, 5) is 28.3. The van der Waals surface area contributed by atoms with Gasteiger partial charge in [-0.1, -0.05) is 13.8 Å². The molecule has 150 valence electrons. The minimum Gasteiger partial charge on any atom is -0.447 e. The van der Waals surface area contributed by atoms with Crippen molar-refractivity contribution >= 4 is 12.0 Å². The number of nitrogens with one attached hydrogen (secondary N) is 1. The van der Waals surface area contributed by atoms with E-state index in [9.17, 15) is 14.0 Å². The van der Waals surface area contributed by atoms with Crippen LogP contribution in [0.1, 0.15) is 46.0 Å². The van der Waals surface area contributed by atoms with Crippen LogP contribution >= 0.6 is 0 Å². The van der Waals surface area contributed by atoms with Gasteiger partial charge in [0.2, 0.25) is 5.91 Å². The maximum atomic E-state index is 12.2. The molecule has 6 nitrogen and oxygen atoms in total. The summed E-state index contributed by atoms with van der Waals surface area (Å²) < 4.78 is 17.1. The van der Waals surface area contributed by atoms with Crippen molar-refractivity contribution in [2.45, 2.75) is 52.0 Å². The van der Waals surface area contributed by atoms with Gasteiger partial charge in [-0.3, -0.25) is 4.79 Å². The summed E-state index contributed by atoms with van der Waals surface area (Å²) >= 11 is 0. The van der Waals surface area contributed by atoms with Crippen molar-refractivity contribution in [1.82, 2.24) is 15.1 Å². The summed E-state index contributed by atoms with van der Waals surface area (Å²) in [6.07, 6.45) is 4.31. The molecule has 26 heavy (non-hydrogen) atoms. The molecule has 2 aliphatic heterocycles. The van der Waals surface area contributed by atoms with Crippen LogP contribution in [0.5, 0.6) is 0 Å². The molecule has 2 heterocycles. The van der Waals surface area contributed by atoms with Gasteiger partial charge in [-0.05, 0) is 51.1 Å². The zero-order valence-electron chi connectivity index (χ0n) is 16.2. The Morgan fingerprint density at radius 1 is 1.12 bits per heavy atom. The lowest BCUT2D eigenvalue weighted by Gasteiger charge is -2.37. The van der Waals surface area contributed by atoms with E-state index in [0.717, 1.165) is 51.7 Å². The Morgan fingerprint density at radius 3 is 2.50 bits per heavy atom. The fourth-order valence-electron chi connectivity index (χ4n) is 3.82. The Morgan fingerprint density at radius 2 is 1.85 bits per heavy atom. The van der Waals surface area contributed by atoms with Gasteiger partial charge in [0.15, 0.2) is 0 Å². The number of hydrogen-bond acceptors (Lipinski definition) is 4. The minimum absolute atomic E-state index is 0.128. The molecular formula is C19H34FN3O3. The third-order valence-electron chi connectivity index (χ3n) is 5.36. The number of halogens is 1. The van der Waals surface area contributed by atoms with Gasteiger partial charge in [0.05, 0.1) is 0 Å². The van der Waals surface area contributed by atoms with Crippen LogP contribution in [0, 0.1) is 11.8 Å². The van der Waals surface area contributed by atoms with Crippen LogP contribution < -0.4 is 5.32 Å². The summed E-state index contributed by atoms with van der Waals surface area (Å²) in [6.45, 7) is 7.37. The average Bonchev–Trinajstić information content (AvgIpc) is 2.90. The second-order valence-electron chi connectivity index (χ2n) is 7.82. The highest BCUT2D eigenvalue weighted by Crippen LogP contribution is 2.24. The molecule has 0 saturated carbocycles. The number of nitrogens with zero attached hydrogens (tertiary/aromatic N) is 2. The third kappa shape index (κ3) is 6.41. The average molecular weight is 371 g/mol. The van der Waals surface area contributed by atoms with Crippen molar-refractivity contribution in [3.63, 3.8) is 0 Å². The van der Waals surface area contributed by atoms with Crippen molar-refractivity contribution in [2.24, 2.45) is 11.8 Å². The largest absolute Gasteiger partial charge is 0.447 e. The minimum atomic E-state index is -0.637. The summed E-state index contributed by atoms with van der Waals surface area (Å²) in [5.74, 6) is 0.800. The summed E-state index contributed by atoms with van der Waals surface area (Å²) in [6, 6.07) is 0.452. The van der Waals surface area contributed by atoms with Gasteiger partial charge < -0.3 is 19.9 Å². The lowest BCUT2D eigenvalue weighted by molar-refractivity contribution is -0.126. The molecule has 2 amide bonds. The summed E-state index contributed by atoms with van der Waals surface area (Å²) in [5, 5.41) is 3.05. The molecule has 2 aliphatic rings. The van der Waals surface area contributed by atoms with E-state index in [2.05, 4.69) is 24.1 Å². The molecule has 0 aromatic rings. The molecule has 2 fully saturated rings. The zero-order valence-corrected chi connectivity index (χ0v) is 16.2. The number of likely N-dealkylation sites (tertiary alicyclic amines) is 2. The monoisotopic (exact) mass is 371 g/mol. The molecule has 1 atom stereocenters. The number of alkyl halides is 1. The first kappa shape index (κ1) is 20.9. The van der Waals surface area contributed by atoms with Gasteiger partial charge in [0.1, 0.15) is 13.3 Å². The van der Waals surface area contributed by atoms with Gasteiger partial charge in [0, 0.05) is 31.6 Å². The summed E-state index contributed by atoms with van der Waals surface area (Å²) in [5.41, 5.74) is 0. The van der Waals surface area contributed by atoms with Crippen LogP contribution in [0.2, 0.25) is 0 Å². The predicted octanol–water partition coefficient (Wildman–Crippen LogP) is 2.43. The van der Waals surface area contributed by atoms with Crippen molar-refractivity contribution in [3.05, 3.63) is 0 Å². The van der Waals surface area contributed by atoms with E-state index in [1.807, 2.05) is 0 Å². The molecule has 0 aromatic heterocycles. The van der Waals surface area contributed by atoms with Crippen LogP contribution in [0.4, 0.5) is 9.18 Å². The Hall–Kier alpha value is -1.37. The highest BCUT2D eigenvalue weighted by Gasteiger charge is 2.30. The second-order valence-corrected chi connectivity index (χ2v) is 7.82. The van der Waals surface area contributed by atoms with E-state index in [0.29, 0.717) is 25.0 Å². The van der Waals surface area contributed by atoms with Crippen LogP contribution in [0.3, 0.4) is 0 Å². The number of amides is 2. The normalized spacial score (nSPS) is 22.9. The SMILES string of the molecule is CC(C)CNC(=O)C1CCN(C2CCCN(C(=O)OCCF)CC2)CC1. The first-order valence-corrected chi connectivity index (χ1v) is 10.0. The topological polar surface area (TPSA) is 61.9 Å². The Bertz CT molecular complexity index is 453. The van der Waals surface area contributed by atoms with Crippen molar-refractivity contribution < 1.29 is 18.7 Å². The molecule has 0 spiro atoms. The number of hydrogen-bond donors (Lipinski definition) is 1. The smallest absolute Gasteiger partial charge is 0.409 e. The molecule has 1 unspecified atom stereocenters. The Kier molecular flexibility index (Phi) is 8.62. The van der Waals surface area contributed by atoms with Crippen molar-refractivity contribution in [1.29, 1.82) is 0 Å². The molecule has 0 bridgehead atoms. The number of piperidine rings is 1. The fraction of sp³-hybridized carbons (Fsp3) is 0.895. The second kappa shape index (κ2) is 10.7. The lowest BCUT2D eigenvalue weighted by Crippen LogP contribution is -2.45. The van der Waals surface area contributed by atoms with Crippen LogP contribution in [-0.2, 0) is 9.53 Å².